The van der Waals surface area contributed by atoms with E-state index in [-0.39, 0.29) is 11.8 Å². The van der Waals surface area contributed by atoms with Crippen LogP contribution in [0.2, 0.25) is 0 Å². The number of aromatic nitrogens is 2. The average molecular weight is 236 g/mol. The van der Waals surface area contributed by atoms with E-state index in [4.69, 9.17) is 0 Å². The lowest BCUT2D eigenvalue weighted by atomic mass is 10.1. The number of amides is 1. The van der Waals surface area contributed by atoms with Crippen LogP contribution in [-0.4, -0.2) is 28.8 Å². The predicted octanol–water partition coefficient (Wildman–Crippen LogP) is 1.23. The van der Waals surface area contributed by atoms with Gasteiger partial charge in [-0.3, -0.25) is 4.79 Å². The van der Waals surface area contributed by atoms with E-state index in [1.807, 2.05) is 10.7 Å². The quantitative estimate of drug-likeness (QED) is 0.808. The number of hydrogen-bond acceptors (Lipinski definition) is 3. The molecule has 94 valence electrons. The van der Waals surface area contributed by atoms with Gasteiger partial charge in [0.05, 0.1) is 12.1 Å². The van der Waals surface area contributed by atoms with E-state index in [1.165, 1.54) is 0 Å². The Balaban J connectivity index is 1.93. The number of carbonyl (C=O) groups is 1. The summed E-state index contributed by atoms with van der Waals surface area (Å²) in [6.07, 6.45) is 4.86. The molecule has 1 fully saturated rings. The van der Waals surface area contributed by atoms with E-state index in [0.717, 1.165) is 44.7 Å². The van der Waals surface area contributed by atoms with Gasteiger partial charge in [-0.25, -0.2) is 4.68 Å². The molecule has 0 spiro atoms. The minimum Gasteiger partial charge on any atom is -0.316 e. The molecule has 1 unspecified atom stereocenters. The highest BCUT2D eigenvalue weighted by Gasteiger charge is 2.22. The Kier molecular flexibility index (Phi) is 4.14. The van der Waals surface area contributed by atoms with Gasteiger partial charge in [0.15, 0.2) is 0 Å². The lowest BCUT2D eigenvalue weighted by Gasteiger charge is -2.11. The average Bonchev–Trinajstić information content (AvgIpc) is 2.97. The van der Waals surface area contributed by atoms with Crippen molar-refractivity contribution in [2.24, 2.45) is 5.92 Å². The highest BCUT2D eigenvalue weighted by molar-refractivity contribution is 5.92. The van der Waals surface area contributed by atoms with E-state index in [1.54, 1.807) is 6.20 Å². The zero-order chi connectivity index (χ0) is 12.1. The van der Waals surface area contributed by atoms with Crippen molar-refractivity contribution in [1.82, 2.24) is 15.1 Å². The van der Waals surface area contributed by atoms with Crippen LogP contribution in [0.5, 0.6) is 0 Å². The Morgan fingerprint density at radius 3 is 3.29 bits per heavy atom. The molecule has 1 aliphatic rings. The highest BCUT2D eigenvalue weighted by atomic mass is 16.2. The molecule has 17 heavy (non-hydrogen) atoms. The zero-order valence-electron chi connectivity index (χ0n) is 10.3. The maximum Gasteiger partial charge on any atom is 0.229 e. The molecule has 2 rings (SSSR count). The van der Waals surface area contributed by atoms with Crippen molar-refractivity contribution in [1.29, 1.82) is 0 Å². The van der Waals surface area contributed by atoms with E-state index < -0.39 is 0 Å². The third-order valence-electron chi connectivity index (χ3n) is 3.12. The van der Waals surface area contributed by atoms with Gasteiger partial charge in [-0.1, -0.05) is 13.3 Å². The van der Waals surface area contributed by atoms with Gasteiger partial charge in [-0.15, -0.1) is 0 Å². The summed E-state index contributed by atoms with van der Waals surface area (Å²) in [6, 6.07) is 1.86. The van der Waals surface area contributed by atoms with Crippen molar-refractivity contribution in [3.8, 4) is 0 Å². The molecule has 1 amide bonds. The van der Waals surface area contributed by atoms with Gasteiger partial charge < -0.3 is 10.6 Å². The fourth-order valence-corrected chi connectivity index (χ4v) is 2.03. The van der Waals surface area contributed by atoms with E-state index in [9.17, 15) is 4.79 Å². The number of unbranched alkanes of at least 4 members (excludes halogenated alkanes) is 1. The van der Waals surface area contributed by atoms with Crippen LogP contribution >= 0.6 is 0 Å². The maximum absolute atomic E-state index is 11.9. The minimum absolute atomic E-state index is 0.101. The van der Waals surface area contributed by atoms with Crippen LogP contribution in [0.4, 0.5) is 5.82 Å². The number of nitrogens with one attached hydrogen (secondary N) is 2. The molecular weight excluding hydrogens is 216 g/mol. The Morgan fingerprint density at radius 2 is 2.59 bits per heavy atom. The normalized spacial score (nSPS) is 19.5. The van der Waals surface area contributed by atoms with Crippen molar-refractivity contribution in [2.45, 2.75) is 32.7 Å². The number of nitrogens with zero attached hydrogens (tertiary/aromatic N) is 2. The summed E-state index contributed by atoms with van der Waals surface area (Å²) in [7, 11) is 0. The second-order valence-electron chi connectivity index (χ2n) is 4.47. The van der Waals surface area contributed by atoms with Crippen LogP contribution in [0.1, 0.15) is 26.2 Å². The fraction of sp³-hybridized carbons (Fsp3) is 0.667. The Hall–Kier alpha value is -1.36. The van der Waals surface area contributed by atoms with E-state index >= 15 is 0 Å². The molecular formula is C12H20N4O. The predicted molar refractivity (Wildman–Crippen MR) is 66.7 cm³/mol. The molecule has 2 heterocycles. The molecule has 1 aliphatic heterocycles. The summed E-state index contributed by atoms with van der Waals surface area (Å²) in [6.45, 7) is 4.73. The molecule has 0 radical (unpaired) electrons. The smallest absolute Gasteiger partial charge is 0.229 e. The highest BCUT2D eigenvalue weighted by Crippen LogP contribution is 2.13. The van der Waals surface area contributed by atoms with Crippen LogP contribution in [0.15, 0.2) is 12.3 Å². The SMILES string of the molecule is CCCCn1nccc1NC(=O)C1CCNC1. The summed E-state index contributed by atoms with van der Waals surface area (Å²) in [5.41, 5.74) is 0. The molecule has 5 nitrogen and oxygen atoms in total. The zero-order valence-corrected chi connectivity index (χ0v) is 10.3. The van der Waals surface area contributed by atoms with Gasteiger partial charge >= 0.3 is 0 Å². The Morgan fingerprint density at radius 1 is 1.71 bits per heavy atom. The van der Waals surface area contributed by atoms with Crippen LogP contribution < -0.4 is 10.6 Å². The van der Waals surface area contributed by atoms with Crippen LogP contribution in [0.3, 0.4) is 0 Å². The second kappa shape index (κ2) is 5.82. The molecule has 0 saturated carbocycles. The molecule has 0 bridgehead atoms. The molecule has 1 saturated heterocycles. The van der Waals surface area contributed by atoms with Crippen molar-refractivity contribution >= 4 is 11.7 Å². The monoisotopic (exact) mass is 236 g/mol. The van der Waals surface area contributed by atoms with E-state index in [0.29, 0.717) is 0 Å². The summed E-state index contributed by atoms with van der Waals surface area (Å²) in [5, 5.41) is 10.4. The topological polar surface area (TPSA) is 59.0 Å². The summed E-state index contributed by atoms with van der Waals surface area (Å²) in [4.78, 5) is 11.9. The minimum atomic E-state index is 0.101. The summed E-state index contributed by atoms with van der Waals surface area (Å²) >= 11 is 0. The third-order valence-corrected chi connectivity index (χ3v) is 3.12. The first kappa shape index (κ1) is 12.1. The van der Waals surface area contributed by atoms with Crippen LogP contribution in [-0.2, 0) is 11.3 Å². The molecule has 2 N–H and O–H groups in total. The number of anilines is 1. The van der Waals surface area contributed by atoms with Gasteiger partial charge in [0.1, 0.15) is 5.82 Å². The number of hydrogen-bond donors (Lipinski definition) is 2. The lowest BCUT2D eigenvalue weighted by Crippen LogP contribution is -2.26. The standard InChI is InChI=1S/C12H20N4O/c1-2-3-8-16-11(5-7-14-16)15-12(17)10-4-6-13-9-10/h5,7,10,13H,2-4,6,8-9H2,1H3,(H,15,17). The first-order valence-electron chi connectivity index (χ1n) is 6.34. The fourth-order valence-electron chi connectivity index (χ4n) is 2.03. The van der Waals surface area contributed by atoms with Gasteiger partial charge in [-0.2, -0.15) is 5.10 Å². The maximum atomic E-state index is 11.9. The molecule has 0 aliphatic carbocycles. The first-order chi connectivity index (χ1) is 8.31. The number of carbonyl (C=O) groups excluding carboxylic acids is 1. The molecule has 0 aromatic carbocycles. The van der Waals surface area contributed by atoms with Gasteiger partial charge in [0.25, 0.3) is 0 Å². The van der Waals surface area contributed by atoms with Gasteiger partial charge in [-0.05, 0) is 19.4 Å². The summed E-state index contributed by atoms with van der Waals surface area (Å²) in [5.74, 6) is 1.02. The number of aryl methyl sites for hydroxylation is 1. The molecule has 5 heteroatoms. The third kappa shape index (κ3) is 3.06. The molecule has 1 atom stereocenters. The summed E-state index contributed by atoms with van der Waals surface area (Å²) < 4.78 is 1.86. The van der Waals surface area contributed by atoms with Crippen molar-refractivity contribution in [3.63, 3.8) is 0 Å². The van der Waals surface area contributed by atoms with Gasteiger partial charge in [0, 0.05) is 19.2 Å². The second-order valence-corrected chi connectivity index (χ2v) is 4.47. The van der Waals surface area contributed by atoms with Crippen LogP contribution in [0, 0.1) is 5.92 Å². The number of rotatable bonds is 5. The molecule has 1 aromatic heterocycles. The van der Waals surface area contributed by atoms with Crippen LogP contribution in [0.25, 0.3) is 0 Å². The lowest BCUT2D eigenvalue weighted by molar-refractivity contribution is -0.119. The van der Waals surface area contributed by atoms with Crippen molar-refractivity contribution in [3.05, 3.63) is 12.3 Å². The Bertz CT molecular complexity index is 368. The van der Waals surface area contributed by atoms with Crippen molar-refractivity contribution in [2.75, 3.05) is 18.4 Å². The van der Waals surface area contributed by atoms with E-state index in [2.05, 4.69) is 22.7 Å². The molecule has 1 aromatic rings. The first-order valence-corrected chi connectivity index (χ1v) is 6.34. The Labute approximate surface area is 102 Å². The largest absolute Gasteiger partial charge is 0.316 e. The van der Waals surface area contributed by atoms with Crippen molar-refractivity contribution < 1.29 is 4.79 Å². The van der Waals surface area contributed by atoms with Gasteiger partial charge in [0.2, 0.25) is 5.91 Å².